The molecule has 0 aliphatic heterocycles. The van der Waals surface area contributed by atoms with Gasteiger partial charge < -0.3 is 19.3 Å². The van der Waals surface area contributed by atoms with Gasteiger partial charge in [-0.2, -0.15) is 0 Å². The Morgan fingerprint density at radius 1 is 0.464 bits per heavy atom. The lowest BCUT2D eigenvalue weighted by molar-refractivity contribution is 0.281. The highest BCUT2D eigenvalue weighted by molar-refractivity contribution is 6.10. The van der Waals surface area contributed by atoms with Crippen LogP contribution < -0.4 is 14.2 Å². The minimum Gasteiger partial charge on any atom is -0.497 e. The highest BCUT2D eigenvalue weighted by Gasteiger charge is 2.18. The van der Waals surface area contributed by atoms with Crippen molar-refractivity contribution in [3.8, 4) is 51.8 Å². The number of benzene rings is 5. The normalized spacial score (nSPS) is 11.5. The zero-order chi connectivity index (χ0) is 37.6. The molecule has 0 aliphatic rings. The van der Waals surface area contributed by atoms with E-state index in [0.717, 1.165) is 60.6 Å². The molecule has 0 saturated heterocycles. The van der Waals surface area contributed by atoms with E-state index in [1.54, 1.807) is 38.0 Å². The number of fused-ring (bicyclic) bond motifs is 6. The van der Waals surface area contributed by atoms with E-state index in [0.29, 0.717) is 40.4 Å². The van der Waals surface area contributed by atoms with Crippen molar-refractivity contribution >= 4 is 43.6 Å². The number of aliphatic hydroxyl groups is 1. The maximum atomic E-state index is 9.88. The molecule has 10 nitrogen and oxygen atoms in total. The quantitative estimate of drug-likeness (QED) is 0.156. The number of pyridine rings is 2. The Bertz CT molecular complexity index is 2900. The molecule has 5 heterocycles. The largest absolute Gasteiger partial charge is 0.497 e. The first-order valence-corrected chi connectivity index (χ1v) is 18.0. The fourth-order valence-electron chi connectivity index (χ4n) is 7.39. The summed E-state index contributed by atoms with van der Waals surface area (Å²) in [5.74, 6) is 5.03. The number of aliphatic hydroxyl groups excluding tert-OH is 1. The average Bonchev–Trinajstić information content (AvgIpc) is 3.76. The predicted octanol–water partition coefficient (Wildman–Crippen LogP) is 10.2. The van der Waals surface area contributed by atoms with Crippen LogP contribution >= 0.6 is 0 Å². The van der Waals surface area contributed by atoms with Crippen molar-refractivity contribution in [1.29, 1.82) is 0 Å². The molecule has 0 unspecified atom stereocenters. The first-order chi connectivity index (χ1) is 27.6. The number of ether oxygens (including phenoxy) is 3. The topological polar surface area (TPSA) is 109 Å². The molecule has 10 rings (SSSR count). The van der Waals surface area contributed by atoms with Crippen molar-refractivity contribution in [1.82, 2.24) is 29.1 Å². The molecule has 0 aliphatic carbocycles. The van der Waals surface area contributed by atoms with Crippen molar-refractivity contribution in [3.63, 3.8) is 0 Å². The molecule has 10 heteroatoms. The van der Waals surface area contributed by atoms with Crippen LogP contribution in [0.5, 0.6) is 28.7 Å². The van der Waals surface area contributed by atoms with Crippen LogP contribution in [0.4, 0.5) is 0 Å². The Hall–Kier alpha value is -7.56. The summed E-state index contributed by atoms with van der Waals surface area (Å²) in [6.45, 7) is -0.0796. The van der Waals surface area contributed by atoms with E-state index in [-0.39, 0.29) is 6.61 Å². The van der Waals surface area contributed by atoms with Gasteiger partial charge in [0.25, 0.3) is 0 Å². The molecule has 0 amide bonds. The molecule has 0 bridgehead atoms. The van der Waals surface area contributed by atoms with Crippen molar-refractivity contribution in [2.24, 2.45) is 0 Å². The SMILES string of the molecule is COc1ccnc(-n2c3ccccc3c3ccc(Oc4cc(Oc5ccc6c7ccccc7n(-c7cc(CO)ccn7)c6c5)cc(-c5ncccn5)c4)cc32)c1. The van der Waals surface area contributed by atoms with Gasteiger partial charge in [0.05, 0.1) is 35.8 Å². The van der Waals surface area contributed by atoms with Gasteiger partial charge in [0, 0.05) is 76.2 Å². The van der Waals surface area contributed by atoms with E-state index >= 15 is 0 Å². The third-order valence-electron chi connectivity index (χ3n) is 9.87. The summed E-state index contributed by atoms with van der Waals surface area (Å²) in [6, 6.07) is 43.5. The van der Waals surface area contributed by atoms with Gasteiger partial charge in [-0.15, -0.1) is 0 Å². The second kappa shape index (κ2) is 13.7. The standard InChI is InChI=1S/C46H32N6O4/c1-54-31-16-20-48-45(27-31)52-41-10-5-3-8-37(41)39-14-12-33(26-43(39)52)56-35-23-30(46-49-17-6-18-50-46)22-34(24-35)55-32-11-13-38-36-7-2-4-9-40(36)51(42(38)25-32)44-21-29(28-53)15-19-47-44/h2-27,53H,28H2,1H3. The molecular weight excluding hydrogens is 701 g/mol. The Kier molecular flexibility index (Phi) is 8.08. The van der Waals surface area contributed by atoms with Gasteiger partial charge in [0.1, 0.15) is 40.4 Å². The Morgan fingerprint density at radius 2 is 1.02 bits per heavy atom. The second-order valence-electron chi connectivity index (χ2n) is 13.3. The molecule has 0 fully saturated rings. The smallest absolute Gasteiger partial charge is 0.159 e. The molecule has 0 radical (unpaired) electrons. The van der Waals surface area contributed by atoms with Gasteiger partial charge in [-0.05, 0) is 78.4 Å². The van der Waals surface area contributed by atoms with Gasteiger partial charge in [-0.1, -0.05) is 36.4 Å². The number of para-hydroxylation sites is 2. The summed E-state index contributed by atoms with van der Waals surface area (Å²) in [6.07, 6.45) is 6.88. The summed E-state index contributed by atoms with van der Waals surface area (Å²) in [5, 5.41) is 14.2. The van der Waals surface area contributed by atoms with Crippen molar-refractivity contribution in [2.75, 3.05) is 7.11 Å². The van der Waals surface area contributed by atoms with Crippen LogP contribution in [0.15, 0.2) is 158 Å². The average molecular weight is 733 g/mol. The lowest BCUT2D eigenvalue weighted by Gasteiger charge is -2.13. The number of aromatic nitrogens is 6. The lowest BCUT2D eigenvalue weighted by Crippen LogP contribution is -1.99. The second-order valence-corrected chi connectivity index (χ2v) is 13.3. The molecule has 10 aromatic rings. The van der Waals surface area contributed by atoms with E-state index in [1.165, 1.54) is 0 Å². The summed E-state index contributed by atoms with van der Waals surface area (Å²) in [5.41, 5.74) is 5.38. The fraction of sp³-hybridized carbons (Fsp3) is 0.0435. The van der Waals surface area contributed by atoms with Crippen LogP contribution in [0.1, 0.15) is 5.56 Å². The molecule has 0 atom stereocenters. The third-order valence-corrected chi connectivity index (χ3v) is 9.87. The molecule has 56 heavy (non-hydrogen) atoms. The summed E-state index contributed by atoms with van der Waals surface area (Å²) in [7, 11) is 1.65. The maximum absolute atomic E-state index is 9.88. The van der Waals surface area contributed by atoms with Gasteiger partial charge in [0.2, 0.25) is 0 Å². The molecule has 5 aromatic carbocycles. The summed E-state index contributed by atoms with van der Waals surface area (Å²) in [4.78, 5) is 18.4. The Labute approximate surface area is 320 Å². The number of nitrogens with zero attached hydrogens (tertiary/aromatic N) is 6. The van der Waals surface area contributed by atoms with Crippen LogP contribution in [-0.4, -0.2) is 41.3 Å². The van der Waals surface area contributed by atoms with Crippen LogP contribution in [0.3, 0.4) is 0 Å². The molecule has 5 aromatic heterocycles. The maximum Gasteiger partial charge on any atom is 0.159 e. The Balaban J connectivity index is 1.07. The van der Waals surface area contributed by atoms with Crippen LogP contribution in [0.25, 0.3) is 66.6 Å². The number of methoxy groups -OCH3 is 1. The lowest BCUT2D eigenvalue weighted by atomic mass is 10.1. The summed E-state index contributed by atoms with van der Waals surface area (Å²) >= 11 is 0. The first kappa shape index (κ1) is 33.0. The minimum absolute atomic E-state index is 0.0796. The van der Waals surface area contributed by atoms with Crippen molar-refractivity contribution in [3.05, 3.63) is 164 Å². The van der Waals surface area contributed by atoms with Gasteiger partial charge in [-0.25, -0.2) is 19.9 Å². The highest BCUT2D eigenvalue weighted by atomic mass is 16.5. The van der Waals surface area contributed by atoms with E-state index in [2.05, 4.69) is 60.5 Å². The van der Waals surface area contributed by atoms with Gasteiger partial charge in [-0.3, -0.25) is 9.13 Å². The van der Waals surface area contributed by atoms with Crippen LogP contribution in [0, 0.1) is 0 Å². The monoisotopic (exact) mass is 732 g/mol. The number of rotatable bonds is 9. The predicted molar refractivity (Wildman–Crippen MR) is 217 cm³/mol. The molecule has 1 N–H and O–H groups in total. The van der Waals surface area contributed by atoms with Crippen molar-refractivity contribution in [2.45, 2.75) is 6.61 Å². The highest BCUT2D eigenvalue weighted by Crippen LogP contribution is 2.39. The van der Waals surface area contributed by atoms with Gasteiger partial charge >= 0.3 is 0 Å². The van der Waals surface area contributed by atoms with Crippen LogP contribution in [-0.2, 0) is 6.61 Å². The molecule has 0 saturated carbocycles. The number of hydrogen-bond acceptors (Lipinski definition) is 8. The molecule has 270 valence electrons. The molecular formula is C46H32N6O4. The van der Waals surface area contributed by atoms with Gasteiger partial charge in [0.15, 0.2) is 5.82 Å². The first-order valence-electron chi connectivity index (χ1n) is 18.0. The van der Waals surface area contributed by atoms with E-state index in [1.807, 2.05) is 91.0 Å². The minimum atomic E-state index is -0.0796. The molecule has 0 spiro atoms. The van der Waals surface area contributed by atoms with Crippen LogP contribution in [0.2, 0.25) is 0 Å². The summed E-state index contributed by atoms with van der Waals surface area (Å²) < 4.78 is 23.0. The fourth-order valence-corrected chi connectivity index (χ4v) is 7.39. The number of hydrogen-bond donors (Lipinski definition) is 1. The Morgan fingerprint density at radius 3 is 1.61 bits per heavy atom. The van der Waals surface area contributed by atoms with E-state index in [4.69, 9.17) is 19.2 Å². The zero-order valence-electron chi connectivity index (χ0n) is 30.1. The third kappa shape index (κ3) is 5.81. The van der Waals surface area contributed by atoms with Crippen molar-refractivity contribution < 1.29 is 19.3 Å². The van der Waals surface area contributed by atoms with E-state index in [9.17, 15) is 5.11 Å². The van der Waals surface area contributed by atoms with E-state index < -0.39 is 0 Å². The zero-order valence-corrected chi connectivity index (χ0v) is 30.1.